The van der Waals surface area contributed by atoms with Crippen molar-refractivity contribution in [1.82, 2.24) is 24.7 Å². The van der Waals surface area contributed by atoms with E-state index in [0.29, 0.717) is 32.6 Å². The maximum Gasteiger partial charge on any atom is 0.307 e. The molecule has 0 spiro atoms. The molecule has 4 atom stereocenters. The summed E-state index contributed by atoms with van der Waals surface area (Å²) in [6.45, 7) is 13.2. The van der Waals surface area contributed by atoms with Crippen LogP contribution >= 0.6 is 0 Å². The molecule has 4 heterocycles. The topological polar surface area (TPSA) is 142 Å². The zero-order chi connectivity index (χ0) is 44.9. The molecule has 4 aromatic rings. The number of hydrogen-bond donors (Lipinski definition) is 1. The van der Waals surface area contributed by atoms with Crippen molar-refractivity contribution in [2.45, 2.75) is 134 Å². The standard InChI is InChI=1S/C51H63N5O7/c1-50(2,3)62-44(57)31-39(36-15-9-7-10-16-36)47(59)55-27-13-19-42(55)46-52-33-41(53-46)38-23-21-34(22-24-38)35-25-29-54(30-26-35)49(61)43-20-14-28-56(43)48(60)40(37-17-11-8-12-18-37)32-45(58)63-51(4,5)6/h7-12,15-18,21-24,33,35,39-40,42-43H,13-14,19-20,25-32H2,1-6H3,(H,52,53)/t39-,40+,42?,43?/m1/s1. The normalized spacial score (nSPS) is 19.4. The Bertz CT molecular complexity index is 2220. The molecule has 7 rings (SSSR count). The average molecular weight is 858 g/mol. The number of H-pyrrole nitrogens is 1. The van der Waals surface area contributed by atoms with Crippen LogP contribution in [0.2, 0.25) is 0 Å². The fourth-order valence-electron chi connectivity index (χ4n) is 9.40. The Morgan fingerprint density at radius 3 is 1.70 bits per heavy atom. The Labute approximate surface area is 371 Å². The van der Waals surface area contributed by atoms with E-state index in [4.69, 9.17) is 14.5 Å². The Hall–Kier alpha value is -5.78. The molecular formula is C51H63N5O7. The molecule has 12 heteroatoms. The predicted octanol–water partition coefficient (Wildman–Crippen LogP) is 8.47. The number of piperidine rings is 1. The summed E-state index contributed by atoms with van der Waals surface area (Å²) >= 11 is 0. The number of benzene rings is 3. The third-order valence-corrected chi connectivity index (χ3v) is 12.3. The summed E-state index contributed by atoms with van der Waals surface area (Å²) in [6.07, 6.45) is 6.27. The summed E-state index contributed by atoms with van der Waals surface area (Å²) in [5.74, 6) is -1.55. The third-order valence-electron chi connectivity index (χ3n) is 12.3. The van der Waals surface area contributed by atoms with E-state index in [1.54, 1.807) is 4.90 Å². The Kier molecular flexibility index (Phi) is 13.9. The first-order valence-corrected chi connectivity index (χ1v) is 22.6. The molecule has 3 aliphatic rings. The van der Waals surface area contributed by atoms with Gasteiger partial charge in [0, 0.05) is 26.2 Å². The van der Waals surface area contributed by atoms with Gasteiger partial charge in [-0.1, -0.05) is 84.9 Å². The van der Waals surface area contributed by atoms with Crippen LogP contribution in [0.15, 0.2) is 91.1 Å². The Balaban J connectivity index is 0.962. The molecule has 3 amide bonds. The number of nitrogens with zero attached hydrogens (tertiary/aromatic N) is 4. The highest BCUT2D eigenvalue weighted by Gasteiger charge is 2.42. The molecule has 0 radical (unpaired) electrons. The lowest BCUT2D eigenvalue weighted by Crippen LogP contribution is -2.51. The maximum atomic E-state index is 14.2. The zero-order valence-corrected chi connectivity index (χ0v) is 37.7. The van der Waals surface area contributed by atoms with E-state index in [1.165, 1.54) is 5.56 Å². The van der Waals surface area contributed by atoms with Crippen LogP contribution in [-0.4, -0.2) is 97.8 Å². The van der Waals surface area contributed by atoms with Gasteiger partial charge >= 0.3 is 11.9 Å². The first-order chi connectivity index (χ1) is 30.0. The first-order valence-electron chi connectivity index (χ1n) is 22.6. The number of hydrogen-bond acceptors (Lipinski definition) is 8. The van der Waals surface area contributed by atoms with E-state index in [0.717, 1.165) is 60.3 Å². The third kappa shape index (κ3) is 11.2. The van der Waals surface area contributed by atoms with Crippen LogP contribution in [0.25, 0.3) is 11.3 Å². The number of rotatable bonds is 12. The van der Waals surface area contributed by atoms with Crippen LogP contribution in [0.1, 0.15) is 139 Å². The van der Waals surface area contributed by atoms with Gasteiger partial charge in [0.05, 0.1) is 42.6 Å². The van der Waals surface area contributed by atoms with Crippen molar-refractivity contribution in [2.75, 3.05) is 26.2 Å². The molecule has 2 unspecified atom stereocenters. The molecule has 1 N–H and O–H groups in total. The zero-order valence-electron chi connectivity index (χ0n) is 37.7. The van der Waals surface area contributed by atoms with Crippen molar-refractivity contribution < 1.29 is 33.4 Å². The number of likely N-dealkylation sites (tertiary alicyclic amines) is 3. The lowest BCUT2D eigenvalue weighted by atomic mass is 9.88. The monoisotopic (exact) mass is 857 g/mol. The minimum Gasteiger partial charge on any atom is -0.460 e. The number of aromatic nitrogens is 2. The van der Waals surface area contributed by atoms with E-state index in [2.05, 4.69) is 29.2 Å². The van der Waals surface area contributed by atoms with E-state index in [9.17, 15) is 24.0 Å². The fourth-order valence-corrected chi connectivity index (χ4v) is 9.40. The Morgan fingerprint density at radius 2 is 1.16 bits per heavy atom. The van der Waals surface area contributed by atoms with Crippen LogP contribution in [0, 0.1) is 0 Å². The second-order valence-corrected chi connectivity index (χ2v) is 19.3. The van der Waals surface area contributed by atoms with Gasteiger partial charge in [-0.25, -0.2) is 4.98 Å². The van der Waals surface area contributed by atoms with Crippen LogP contribution < -0.4 is 0 Å². The highest BCUT2D eigenvalue weighted by Crippen LogP contribution is 2.37. The Morgan fingerprint density at radius 1 is 0.651 bits per heavy atom. The molecule has 0 bridgehead atoms. The molecule has 334 valence electrons. The number of carbonyl (C=O) groups excluding carboxylic acids is 5. The van der Waals surface area contributed by atoms with Gasteiger partial charge in [0.2, 0.25) is 17.7 Å². The maximum absolute atomic E-state index is 14.2. The summed E-state index contributed by atoms with van der Waals surface area (Å²) in [4.78, 5) is 82.1. The molecule has 3 fully saturated rings. The van der Waals surface area contributed by atoms with E-state index < -0.39 is 41.0 Å². The molecule has 0 saturated carbocycles. The van der Waals surface area contributed by atoms with E-state index >= 15 is 0 Å². The van der Waals surface area contributed by atoms with Gasteiger partial charge < -0.3 is 29.2 Å². The van der Waals surface area contributed by atoms with Gasteiger partial charge in [0.25, 0.3) is 0 Å². The van der Waals surface area contributed by atoms with Crippen molar-refractivity contribution >= 4 is 29.7 Å². The van der Waals surface area contributed by atoms with E-state index in [1.807, 2.05) is 118 Å². The minimum absolute atomic E-state index is 0.0186. The van der Waals surface area contributed by atoms with Crippen molar-refractivity contribution in [3.63, 3.8) is 0 Å². The molecule has 0 aliphatic carbocycles. The number of amides is 3. The summed E-state index contributed by atoms with van der Waals surface area (Å²) in [5, 5.41) is 0. The summed E-state index contributed by atoms with van der Waals surface area (Å²) in [7, 11) is 0. The summed E-state index contributed by atoms with van der Waals surface area (Å²) in [5.41, 5.74) is 3.26. The smallest absolute Gasteiger partial charge is 0.307 e. The largest absolute Gasteiger partial charge is 0.460 e. The first kappa shape index (κ1) is 45.3. The van der Waals surface area contributed by atoms with Gasteiger partial charge in [-0.05, 0) is 108 Å². The van der Waals surface area contributed by atoms with Crippen molar-refractivity contribution in [1.29, 1.82) is 0 Å². The minimum atomic E-state index is -0.729. The molecule has 63 heavy (non-hydrogen) atoms. The lowest BCUT2D eigenvalue weighted by molar-refractivity contribution is -0.158. The molecule has 3 aromatic carbocycles. The number of ether oxygens (including phenoxy) is 2. The summed E-state index contributed by atoms with van der Waals surface area (Å²) in [6, 6.07) is 26.5. The second-order valence-electron chi connectivity index (χ2n) is 19.3. The predicted molar refractivity (Wildman–Crippen MR) is 240 cm³/mol. The van der Waals surface area contributed by atoms with Gasteiger partial charge in [-0.3, -0.25) is 24.0 Å². The number of aromatic amines is 1. The fraction of sp³-hybridized carbons (Fsp3) is 0.490. The summed E-state index contributed by atoms with van der Waals surface area (Å²) < 4.78 is 11.2. The van der Waals surface area contributed by atoms with Gasteiger partial charge in [-0.15, -0.1) is 0 Å². The quantitative estimate of drug-likeness (QED) is 0.140. The second kappa shape index (κ2) is 19.3. The lowest BCUT2D eigenvalue weighted by Gasteiger charge is -2.36. The number of carbonyl (C=O) groups is 5. The molecule has 1 aromatic heterocycles. The van der Waals surface area contributed by atoms with Crippen molar-refractivity contribution in [2.24, 2.45) is 0 Å². The van der Waals surface area contributed by atoms with Crippen LogP contribution in [0.4, 0.5) is 0 Å². The highest BCUT2D eigenvalue weighted by atomic mass is 16.6. The van der Waals surface area contributed by atoms with Gasteiger partial charge in [0.15, 0.2) is 0 Å². The SMILES string of the molecule is CC(C)(C)OC(=O)C[C@H](C(=O)N1CCCC1C(=O)N1CCC(c2ccc(-c3cnc(C4CCCN4C(=O)[C@H](CC(=O)OC(C)(C)C)c4ccccc4)[nH]3)cc2)CC1)c1ccccc1. The van der Waals surface area contributed by atoms with Gasteiger partial charge in [0.1, 0.15) is 23.1 Å². The van der Waals surface area contributed by atoms with Gasteiger partial charge in [-0.2, -0.15) is 0 Å². The number of imidazole rings is 1. The van der Waals surface area contributed by atoms with Crippen LogP contribution in [0.5, 0.6) is 0 Å². The van der Waals surface area contributed by atoms with Crippen LogP contribution in [0.3, 0.4) is 0 Å². The van der Waals surface area contributed by atoms with Crippen molar-refractivity contribution in [3.8, 4) is 11.3 Å². The average Bonchev–Trinajstić information content (AvgIpc) is 4.06. The molecule has 12 nitrogen and oxygen atoms in total. The van der Waals surface area contributed by atoms with Crippen molar-refractivity contribution in [3.05, 3.63) is 114 Å². The van der Waals surface area contributed by atoms with Crippen LogP contribution in [-0.2, 0) is 33.4 Å². The molecule has 3 saturated heterocycles. The molecular weight excluding hydrogens is 795 g/mol. The number of esters is 2. The van der Waals surface area contributed by atoms with E-state index in [-0.39, 0.29) is 42.5 Å². The highest BCUT2D eigenvalue weighted by molar-refractivity contribution is 5.93. The number of nitrogens with one attached hydrogen (secondary N) is 1. The molecule has 3 aliphatic heterocycles.